The molecule has 2 nitrogen and oxygen atoms in total. The fourth-order valence-electron chi connectivity index (χ4n) is 0.727. The van der Waals surface area contributed by atoms with Crippen LogP contribution in [0.3, 0.4) is 0 Å². The van der Waals surface area contributed by atoms with Gasteiger partial charge < -0.3 is 5.73 Å². The van der Waals surface area contributed by atoms with E-state index in [1.54, 1.807) is 6.07 Å². The lowest BCUT2D eigenvalue weighted by atomic mass is 10.2. The molecule has 62 valence electrons. The first-order valence-corrected chi connectivity index (χ1v) is 4.08. The summed E-state index contributed by atoms with van der Waals surface area (Å²) in [6, 6.07) is 2.73. The van der Waals surface area contributed by atoms with Gasteiger partial charge in [0.15, 0.2) is 0 Å². The van der Waals surface area contributed by atoms with Gasteiger partial charge in [-0.05, 0) is 22.0 Å². The van der Waals surface area contributed by atoms with Crippen molar-refractivity contribution < 1.29 is 4.39 Å². The summed E-state index contributed by atoms with van der Waals surface area (Å²) in [6.07, 6.45) is 0. The van der Waals surface area contributed by atoms with E-state index < -0.39 is 5.82 Å². The maximum atomic E-state index is 12.9. The Morgan fingerprint density at radius 1 is 1.67 bits per heavy atom. The lowest BCUT2D eigenvalue weighted by Gasteiger charge is -2.03. The first-order chi connectivity index (χ1) is 5.57. The highest BCUT2D eigenvalue weighted by atomic mass is 79.9. The fourth-order valence-corrected chi connectivity index (χ4v) is 1.29. The standard InChI is InChI=1S/C7H3BrClFN2/c8-4-1-5(10)3(2-11)7(12)6(4)9/h1H,12H2. The van der Waals surface area contributed by atoms with Gasteiger partial charge in [-0.1, -0.05) is 11.6 Å². The predicted molar refractivity (Wildman–Crippen MR) is 48.2 cm³/mol. The molecule has 0 amide bonds. The van der Waals surface area contributed by atoms with Crippen LogP contribution in [-0.4, -0.2) is 0 Å². The minimum absolute atomic E-state index is 0.0361. The van der Waals surface area contributed by atoms with Gasteiger partial charge in [-0.25, -0.2) is 4.39 Å². The zero-order valence-corrected chi connectivity index (χ0v) is 8.08. The Balaban J connectivity index is 3.54. The monoisotopic (exact) mass is 248 g/mol. The van der Waals surface area contributed by atoms with Gasteiger partial charge in [0.25, 0.3) is 0 Å². The summed E-state index contributed by atoms with van der Waals surface area (Å²) >= 11 is 8.64. The molecule has 2 N–H and O–H groups in total. The topological polar surface area (TPSA) is 49.8 Å². The van der Waals surface area contributed by atoms with Gasteiger partial charge in [0.05, 0.1) is 10.7 Å². The Morgan fingerprint density at radius 2 is 2.25 bits per heavy atom. The number of nitrogens with zero attached hydrogens (tertiary/aromatic N) is 1. The smallest absolute Gasteiger partial charge is 0.144 e. The number of hydrogen-bond donors (Lipinski definition) is 1. The average Bonchev–Trinajstić information content (AvgIpc) is 2.01. The van der Waals surface area contributed by atoms with E-state index in [0.717, 1.165) is 6.07 Å². The number of rotatable bonds is 0. The highest BCUT2D eigenvalue weighted by Crippen LogP contribution is 2.32. The van der Waals surface area contributed by atoms with E-state index in [4.69, 9.17) is 22.6 Å². The van der Waals surface area contributed by atoms with Crippen LogP contribution >= 0.6 is 27.5 Å². The van der Waals surface area contributed by atoms with Crippen LogP contribution in [0.2, 0.25) is 5.02 Å². The van der Waals surface area contributed by atoms with E-state index in [2.05, 4.69) is 15.9 Å². The molecule has 0 aliphatic heterocycles. The summed E-state index contributed by atoms with van der Waals surface area (Å²) in [5.74, 6) is -0.675. The van der Waals surface area contributed by atoms with Crippen molar-refractivity contribution in [2.45, 2.75) is 0 Å². The minimum Gasteiger partial charge on any atom is -0.396 e. The maximum Gasteiger partial charge on any atom is 0.144 e. The average molecular weight is 249 g/mol. The normalized spacial score (nSPS) is 9.50. The van der Waals surface area contributed by atoms with Crippen molar-refractivity contribution in [1.29, 1.82) is 5.26 Å². The number of nitrogens with two attached hydrogens (primary N) is 1. The van der Waals surface area contributed by atoms with E-state index in [0.29, 0.717) is 4.47 Å². The van der Waals surface area contributed by atoms with Gasteiger partial charge in [-0.15, -0.1) is 0 Å². The number of halogens is 3. The van der Waals surface area contributed by atoms with Gasteiger partial charge >= 0.3 is 0 Å². The molecule has 0 heterocycles. The van der Waals surface area contributed by atoms with Crippen molar-refractivity contribution in [2.75, 3.05) is 5.73 Å². The second-order valence-electron chi connectivity index (χ2n) is 2.05. The SMILES string of the molecule is N#Cc1c(F)cc(Br)c(Cl)c1N. The second kappa shape index (κ2) is 3.30. The van der Waals surface area contributed by atoms with Crippen LogP contribution in [0.4, 0.5) is 10.1 Å². The molecule has 0 saturated carbocycles. The third-order valence-electron chi connectivity index (χ3n) is 1.32. The summed E-state index contributed by atoms with van der Waals surface area (Å²) in [5, 5.41) is 8.63. The molecule has 0 aromatic heterocycles. The maximum absolute atomic E-state index is 12.9. The Morgan fingerprint density at radius 3 is 2.75 bits per heavy atom. The predicted octanol–water partition coefficient (Wildman–Crippen LogP) is 2.70. The summed E-state index contributed by atoms with van der Waals surface area (Å²) in [5.41, 5.74) is 5.11. The van der Waals surface area contributed by atoms with Gasteiger partial charge in [-0.3, -0.25) is 0 Å². The van der Waals surface area contributed by atoms with Gasteiger partial charge in [0, 0.05) is 4.47 Å². The molecule has 0 spiro atoms. The van der Waals surface area contributed by atoms with Crippen LogP contribution < -0.4 is 5.73 Å². The first kappa shape index (κ1) is 9.30. The molecule has 0 aliphatic rings. The minimum atomic E-state index is -0.675. The van der Waals surface area contributed by atoms with E-state index in [-0.39, 0.29) is 16.3 Å². The molecular formula is C7H3BrClFN2. The number of benzene rings is 1. The second-order valence-corrected chi connectivity index (χ2v) is 3.29. The van der Waals surface area contributed by atoms with Crippen LogP contribution in [0.25, 0.3) is 0 Å². The molecule has 1 aromatic carbocycles. The number of nitriles is 1. The van der Waals surface area contributed by atoms with Crippen molar-refractivity contribution >= 4 is 33.2 Å². The number of hydrogen-bond acceptors (Lipinski definition) is 2. The highest BCUT2D eigenvalue weighted by Gasteiger charge is 2.12. The Bertz CT molecular complexity index is 373. The van der Waals surface area contributed by atoms with E-state index >= 15 is 0 Å². The summed E-state index contributed by atoms with van der Waals surface area (Å²) in [4.78, 5) is 0. The molecule has 0 radical (unpaired) electrons. The largest absolute Gasteiger partial charge is 0.396 e. The number of nitrogen functional groups attached to an aromatic ring is 1. The summed E-state index contributed by atoms with van der Waals surface area (Å²) in [6.45, 7) is 0. The molecule has 0 bridgehead atoms. The third-order valence-corrected chi connectivity index (χ3v) is 2.58. The van der Waals surface area contributed by atoms with Crippen molar-refractivity contribution in [2.24, 2.45) is 0 Å². The molecule has 0 unspecified atom stereocenters. The molecule has 1 aromatic rings. The molecule has 1 rings (SSSR count). The molecule has 0 fully saturated rings. The van der Waals surface area contributed by atoms with Gasteiger partial charge in [-0.2, -0.15) is 5.26 Å². The van der Waals surface area contributed by atoms with E-state index in [9.17, 15) is 4.39 Å². The molecule has 0 atom stereocenters. The van der Waals surface area contributed by atoms with Crippen LogP contribution in [0.15, 0.2) is 10.5 Å². The zero-order chi connectivity index (χ0) is 9.30. The number of anilines is 1. The van der Waals surface area contributed by atoms with Crippen LogP contribution in [0.1, 0.15) is 5.56 Å². The molecule has 0 aliphatic carbocycles. The first-order valence-electron chi connectivity index (χ1n) is 2.91. The van der Waals surface area contributed by atoms with Gasteiger partial charge in [0.2, 0.25) is 0 Å². The highest BCUT2D eigenvalue weighted by molar-refractivity contribution is 9.10. The molecule has 5 heteroatoms. The van der Waals surface area contributed by atoms with Crippen LogP contribution in [0, 0.1) is 17.1 Å². The summed E-state index contributed by atoms with van der Waals surface area (Å²) in [7, 11) is 0. The quantitative estimate of drug-likeness (QED) is 0.568. The Labute approximate surface area is 81.9 Å². The van der Waals surface area contributed by atoms with Gasteiger partial charge in [0.1, 0.15) is 17.4 Å². The molecule has 12 heavy (non-hydrogen) atoms. The molecule has 0 saturated heterocycles. The van der Waals surface area contributed by atoms with E-state index in [1.807, 2.05) is 0 Å². The van der Waals surface area contributed by atoms with Crippen LogP contribution in [-0.2, 0) is 0 Å². The van der Waals surface area contributed by atoms with Crippen molar-refractivity contribution in [3.05, 3.63) is 26.9 Å². The molecular weight excluding hydrogens is 246 g/mol. The lowest BCUT2D eigenvalue weighted by Crippen LogP contribution is -1.95. The Kier molecular flexibility index (Phi) is 2.55. The van der Waals surface area contributed by atoms with Crippen molar-refractivity contribution in [1.82, 2.24) is 0 Å². The Hall–Kier alpha value is -0.790. The van der Waals surface area contributed by atoms with Crippen molar-refractivity contribution in [3.63, 3.8) is 0 Å². The van der Waals surface area contributed by atoms with E-state index in [1.165, 1.54) is 0 Å². The van der Waals surface area contributed by atoms with Crippen LogP contribution in [0.5, 0.6) is 0 Å². The lowest BCUT2D eigenvalue weighted by molar-refractivity contribution is 0.624. The fraction of sp³-hybridized carbons (Fsp3) is 0. The third kappa shape index (κ3) is 1.38. The van der Waals surface area contributed by atoms with Crippen molar-refractivity contribution in [3.8, 4) is 6.07 Å². The zero-order valence-electron chi connectivity index (χ0n) is 5.74. The summed E-state index contributed by atoms with van der Waals surface area (Å²) < 4.78 is 13.2.